The van der Waals surface area contributed by atoms with Gasteiger partial charge in [-0.15, -0.1) is 12.6 Å². The van der Waals surface area contributed by atoms with Crippen molar-refractivity contribution in [1.29, 1.82) is 0 Å². The summed E-state index contributed by atoms with van der Waals surface area (Å²) in [4.78, 5) is 13.8. The molecule has 0 fully saturated rings. The molecule has 0 amide bonds. The lowest BCUT2D eigenvalue weighted by atomic mass is 10.7. The highest BCUT2D eigenvalue weighted by Crippen LogP contribution is 2.07. The van der Waals surface area contributed by atoms with Crippen LogP contribution < -0.4 is 0 Å². The summed E-state index contributed by atoms with van der Waals surface area (Å²) in [6.45, 7) is 0. The Morgan fingerprint density at radius 1 is 1.80 bits per heavy atom. The summed E-state index contributed by atoms with van der Waals surface area (Å²) in [6.07, 6.45) is 2.55. The highest BCUT2D eigenvalue weighted by Gasteiger charge is 2.13. The van der Waals surface area contributed by atoms with E-state index in [1.54, 1.807) is 0 Å². The molecule has 0 radical (unpaired) electrons. The normalized spacial score (nSPS) is 12.9. The van der Waals surface area contributed by atoms with E-state index in [9.17, 15) is 4.79 Å². The Balaban J connectivity index is 2.77. The fraction of sp³-hybridized carbons (Fsp3) is 0.250. The molecule has 0 saturated heterocycles. The molecular weight excluding hydrogens is 154 g/mol. The van der Waals surface area contributed by atoms with E-state index in [0.29, 0.717) is 0 Å². The van der Waals surface area contributed by atoms with Gasteiger partial charge in [-0.2, -0.15) is 5.10 Å². The predicted molar refractivity (Wildman–Crippen MR) is 35.7 cm³/mol. The van der Waals surface area contributed by atoms with Crippen LogP contribution in [0.2, 0.25) is 0 Å². The molecule has 1 heterocycles. The van der Waals surface area contributed by atoms with Crippen LogP contribution in [0.15, 0.2) is 12.7 Å². The van der Waals surface area contributed by atoms with Crippen molar-refractivity contribution in [2.24, 2.45) is 0 Å². The van der Waals surface area contributed by atoms with Crippen molar-refractivity contribution in [3.05, 3.63) is 12.7 Å². The van der Waals surface area contributed by atoms with Crippen molar-refractivity contribution in [2.45, 2.75) is 5.37 Å². The number of aliphatic carboxylic acids is 1. The second kappa shape index (κ2) is 2.70. The quantitative estimate of drug-likeness (QED) is 0.586. The average molecular weight is 159 g/mol. The molecule has 1 atom stereocenters. The number of rotatable bonds is 2. The van der Waals surface area contributed by atoms with Gasteiger partial charge in [0.15, 0.2) is 5.37 Å². The number of hydrogen-bond donors (Lipinski definition) is 2. The van der Waals surface area contributed by atoms with Gasteiger partial charge in [0.05, 0.1) is 0 Å². The summed E-state index contributed by atoms with van der Waals surface area (Å²) in [7, 11) is 0. The van der Waals surface area contributed by atoms with E-state index < -0.39 is 11.3 Å². The minimum atomic E-state index is -1.05. The van der Waals surface area contributed by atoms with E-state index in [0.717, 1.165) is 4.68 Å². The molecule has 0 aromatic carbocycles. The second-order valence-electron chi connectivity index (χ2n) is 1.59. The van der Waals surface area contributed by atoms with Gasteiger partial charge in [0.1, 0.15) is 12.7 Å². The first kappa shape index (κ1) is 7.07. The van der Waals surface area contributed by atoms with Crippen molar-refractivity contribution >= 4 is 18.6 Å². The van der Waals surface area contributed by atoms with Crippen LogP contribution in [0, 0.1) is 0 Å². The lowest BCUT2D eigenvalue weighted by Gasteiger charge is -2.02. The maximum Gasteiger partial charge on any atom is 0.338 e. The Kier molecular flexibility index (Phi) is 1.91. The van der Waals surface area contributed by atoms with Crippen LogP contribution in [0.4, 0.5) is 0 Å². The maximum atomic E-state index is 10.2. The van der Waals surface area contributed by atoms with E-state index >= 15 is 0 Å². The first-order chi connectivity index (χ1) is 4.72. The third-order valence-corrected chi connectivity index (χ3v) is 1.37. The first-order valence-electron chi connectivity index (χ1n) is 2.47. The monoisotopic (exact) mass is 159 g/mol. The van der Waals surface area contributed by atoms with Gasteiger partial charge in [-0.3, -0.25) is 0 Å². The minimum absolute atomic E-state index is 0.942. The van der Waals surface area contributed by atoms with Crippen LogP contribution in [0.1, 0.15) is 5.37 Å². The molecule has 0 aliphatic heterocycles. The molecule has 0 saturated carbocycles. The van der Waals surface area contributed by atoms with Gasteiger partial charge in [0, 0.05) is 0 Å². The fourth-order valence-electron chi connectivity index (χ4n) is 0.457. The SMILES string of the molecule is O=C(O)C(S)n1cncn1. The molecule has 1 aromatic heterocycles. The third kappa shape index (κ3) is 1.27. The maximum absolute atomic E-state index is 10.2. The van der Waals surface area contributed by atoms with E-state index in [1.807, 2.05) is 0 Å². The summed E-state index contributed by atoms with van der Waals surface area (Å²) in [6, 6.07) is 0. The van der Waals surface area contributed by atoms with E-state index in [1.165, 1.54) is 12.7 Å². The Morgan fingerprint density at radius 3 is 2.90 bits per heavy atom. The lowest BCUT2D eigenvalue weighted by Crippen LogP contribution is -2.13. The molecule has 0 spiro atoms. The zero-order valence-corrected chi connectivity index (χ0v) is 5.77. The van der Waals surface area contributed by atoms with Crippen molar-refractivity contribution in [2.75, 3.05) is 0 Å². The summed E-state index contributed by atoms with van der Waals surface area (Å²) in [5.74, 6) is -1.05. The molecule has 54 valence electrons. The predicted octanol–water partition coefficient (Wildman–Crippen LogP) is -0.209. The van der Waals surface area contributed by atoms with Gasteiger partial charge in [-0.05, 0) is 0 Å². The first-order valence-corrected chi connectivity index (χ1v) is 2.98. The van der Waals surface area contributed by atoms with Crippen LogP contribution in [-0.4, -0.2) is 25.8 Å². The number of aromatic nitrogens is 3. The lowest BCUT2D eigenvalue weighted by molar-refractivity contribution is -0.138. The molecule has 5 nitrogen and oxygen atoms in total. The van der Waals surface area contributed by atoms with Crippen LogP contribution in [0.5, 0.6) is 0 Å². The minimum Gasteiger partial charge on any atom is -0.479 e. The molecule has 1 N–H and O–H groups in total. The zero-order chi connectivity index (χ0) is 7.56. The van der Waals surface area contributed by atoms with Gasteiger partial charge in [0.25, 0.3) is 0 Å². The number of carboxylic acid groups (broad SMARTS) is 1. The Hall–Kier alpha value is -1.04. The van der Waals surface area contributed by atoms with Crippen molar-refractivity contribution in [3.63, 3.8) is 0 Å². The summed E-state index contributed by atoms with van der Waals surface area (Å²) >= 11 is 3.74. The summed E-state index contributed by atoms with van der Waals surface area (Å²) < 4.78 is 1.14. The Morgan fingerprint density at radius 2 is 2.50 bits per heavy atom. The fourth-order valence-corrected chi connectivity index (χ4v) is 0.576. The average Bonchev–Trinajstić information content (AvgIpc) is 2.36. The second-order valence-corrected chi connectivity index (χ2v) is 2.08. The highest BCUT2D eigenvalue weighted by atomic mass is 32.1. The molecule has 0 aliphatic carbocycles. The standard InChI is InChI=1S/C4H5N3O2S/c8-4(9)3(10)7-2-5-1-6-7/h1-3,10H,(H,8,9). The largest absolute Gasteiger partial charge is 0.479 e. The van der Waals surface area contributed by atoms with Crippen molar-refractivity contribution in [1.82, 2.24) is 14.8 Å². The van der Waals surface area contributed by atoms with Gasteiger partial charge >= 0.3 is 5.97 Å². The molecule has 0 bridgehead atoms. The number of nitrogens with zero attached hydrogens (tertiary/aromatic N) is 3. The molecule has 1 unspecified atom stereocenters. The zero-order valence-electron chi connectivity index (χ0n) is 4.88. The summed E-state index contributed by atoms with van der Waals surface area (Å²) in [5.41, 5.74) is 0. The Labute approximate surface area is 62.1 Å². The van der Waals surface area contributed by atoms with Crippen molar-refractivity contribution in [3.8, 4) is 0 Å². The van der Waals surface area contributed by atoms with Crippen LogP contribution >= 0.6 is 12.6 Å². The Bertz CT molecular complexity index is 222. The van der Waals surface area contributed by atoms with Crippen molar-refractivity contribution < 1.29 is 9.90 Å². The van der Waals surface area contributed by atoms with Gasteiger partial charge in [-0.25, -0.2) is 14.5 Å². The van der Waals surface area contributed by atoms with E-state index in [-0.39, 0.29) is 0 Å². The van der Waals surface area contributed by atoms with Crippen LogP contribution in [0.25, 0.3) is 0 Å². The van der Waals surface area contributed by atoms with E-state index in [2.05, 4.69) is 22.7 Å². The van der Waals surface area contributed by atoms with Gasteiger partial charge in [0.2, 0.25) is 0 Å². The topological polar surface area (TPSA) is 68.0 Å². The van der Waals surface area contributed by atoms with Gasteiger partial charge < -0.3 is 5.11 Å². The summed E-state index contributed by atoms with van der Waals surface area (Å²) in [5, 5.41) is 11.0. The number of thiol groups is 1. The van der Waals surface area contributed by atoms with Crippen LogP contribution in [0.3, 0.4) is 0 Å². The number of carboxylic acids is 1. The molecular formula is C4H5N3O2S. The third-order valence-electron chi connectivity index (χ3n) is 0.908. The van der Waals surface area contributed by atoms with Gasteiger partial charge in [-0.1, -0.05) is 0 Å². The molecule has 1 aromatic rings. The molecule has 0 aliphatic rings. The molecule has 6 heteroatoms. The van der Waals surface area contributed by atoms with Crippen LogP contribution in [-0.2, 0) is 4.79 Å². The molecule has 1 rings (SSSR count). The highest BCUT2D eigenvalue weighted by molar-refractivity contribution is 7.81. The van der Waals surface area contributed by atoms with E-state index in [4.69, 9.17) is 5.11 Å². The molecule has 10 heavy (non-hydrogen) atoms. The number of hydrogen-bond acceptors (Lipinski definition) is 4. The number of carbonyl (C=O) groups is 1. The smallest absolute Gasteiger partial charge is 0.338 e.